The number of fused-ring (bicyclic) bond motifs is 1. The minimum atomic E-state index is -1.44. The Kier molecular flexibility index (Phi) is 34.9. The zero-order valence-electron chi connectivity index (χ0n) is 63.3. The van der Waals surface area contributed by atoms with Crippen molar-refractivity contribution in [3.63, 3.8) is 0 Å². The van der Waals surface area contributed by atoms with Gasteiger partial charge in [-0.1, -0.05) is 52.8 Å². The van der Waals surface area contributed by atoms with E-state index in [-0.39, 0.29) is 134 Å². The number of carbonyl (C=O) groups is 2. The van der Waals surface area contributed by atoms with Gasteiger partial charge in [-0.25, -0.2) is 28.6 Å². The molecule has 3 aliphatic rings. The monoisotopic (exact) mass is 1500 g/mol. The smallest absolute Gasteiger partial charge is 0.351 e. The maximum atomic E-state index is 12.9. The summed E-state index contributed by atoms with van der Waals surface area (Å²) in [7, 11) is -4.28. The molecule has 8 rings (SSSR count). The van der Waals surface area contributed by atoms with Crippen molar-refractivity contribution in [3.05, 3.63) is 108 Å². The number of anilines is 2. The number of hydrogen-bond donors (Lipinski definition) is 4. The number of aromatic amines is 2. The number of carbonyl (C=O) groups excluding carboxylic acids is 2. The molecule has 34 heteroatoms. The van der Waals surface area contributed by atoms with Crippen LogP contribution in [0.5, 0.6) is 0 Å². The van der Waals surface area contributed by atoms with Gasteiger partial charge in [0.25, 0.3) is 42.6 Å². The van der Waals surface area contributed by atoms with E-state index in [0.29, 0.717) is 68.3 Å². The Labute approximate surface area is 613 Å². The first-order chi connectivity index (χ1) is 49.5. The molecule has 7 heterocycles. The summed E-state index contributed by atoms with van der Waals surface area (Å²) >= 11 is 0. The average Bonchev–Trinajstić information content (AvgIpc) is 1.66. The van der Waals surface area contributed by atoms with Crippen LogP contribution in [-0.2, 0) is 46.1 Å². The number of hydrogen-bond acceptors (Lipinski definition) is 24. The van der Waals surface area contributed by atoms with E-state index >= 15 is 0 Å². The van der Waals surface area contributed by atoms with Crippen LogP contribution in [-0.4, -0.2) is 157 Å². The Morgan fingerprint density at radius 1 is 0.587 bits per heavy atom. The van der Waals surface area contributed by atoms with E-state index in [0.717, 1.165) is 0 Å². The lowest BCUT2D eigenvalue weighted by molar-refractivity contribution is -0.118. The Balaban J connectivity index is 0.000000247. The van der Waals surface area contributed by atoms with Crippen LogP contribution in [0.4, 0.5) is 11.8 Å². The number of ether oxygens (including phenoxy) is 3. The molecule has 4 N–H and O–H groups in total. The summed E-state index contributed by atoms with van der Waals surface area (Å²) in [6, 6.07) is 17.7. The molecule has 3 saturated heterocycles. The van der Waals surface area contributed by atoms with Gasteiger partial charge in [0, 0.05) is 85.0 Å². The number of aryl methyl sites for hydroxylation is 1. The molecule has 1 aromatic carbocycles. The first-order valence-corrected chi connectivity index (χ1v) is 39.2. The Hall–Kier alpha value is -6.65. The maximum absolute atomic E-state index is 12.9. The van der Waals surface area contributed by atoms with Gasteiger partial charge < -0.3 is 46.7 Å². The number of nitrogens with zero attached hydrogens (tertiary/aromatic N) is 12. The fraction of sp³-hybridized carbons (Fsp3) is 0.657. The number of benzene rings is 1. The molecule has 572 valence electrons. The third-order valence-corrected chi connectivity index (χ3v) is 23.3. The van der Waals surface area contributed by atoms with Gasteiger partial charge in [-0.3, -0.25) is 48.2 Å². The summed E-state index contributed by atoms with van der Waals surface area (Å²) < 4.78 is 67.4. The van der Waals surface area contributed by atoms with Crippen molar-refractivity contribution in [1.82, 2.24) is 52.6 Å². The molecule has 0 saturated carbocycles. The summed E-state index contributed by atoms with van der Waals surface area (Å²) in [4.78, 5) is 91.6. The van der Waals surface area contributed by atoms with Crippen molar-refractivity contribution in [2.75, 3.05) is 30.5 Å². The van der Waals surface area contributed by atoms with E-state index in [4.69, 9.17) is 57.1 Å². The van der Waals surface area contributed by atoms with E-state index in [2.05, 4.69) is 151 Å². The lowest BCUT2D eigenvalue weighted by Crippen LogP contribution is -2.35. The van der Waals surface area contributed by atoms with E-state index in [1.54, 1.807) is 61.9 Å². The predicted octanol–water partition coefficient (Wildman–Crippen LogP) is 12.1. The van der Waals surface area contributed by atoms with Crippen LogP contribution >= 0.6 is 25.6 Å². The third-order valence-electron chi connectivity index (χ3n) is 16.8. The van der Waals surface area contributed by atoms with Crippen molar-refractivity contribution < 1.29 is 50.9 Å². The van der Waals surface area contributed by atoms with Crippen LogP contribution in [0.1, 0.15) is 210 Å². The molecule has 6 unspecified atom stereocenters. The molecule has 12 atom stereocenters. The highest BCUT2D eigenvalue weighted by molar-refractivity contribution is 7.45. The first kappa shape index (κ1) is 86.3. The highest BCUT2D eigenvalue weighted by Crippen LogP contribution is 2.53. The van der Waals surface area contributed by atoms with Crippen LogP contribution in [0.2, 0.25) is 0 Å². The highest BCUT2D eigenvalue weighted by Gasteiger charge is 2.44. The second-order valence-corrected chi connectivity index (χ2v) is 31.3. The van der Waals surface area contributed by atoms with E-state index in [1.165, 1.54) is 21.7 Å². The van der Waals surface area contributed by atoms with Gasteiger partial charge in [-0.15, -0.1) is 0 Å². The summed E-state index contributed by atoms with van der Waals surface area (Å²) in [5, 5.41) is 32.1. The molecule has 2 amide bonds. The first-order valence-electron chi connectivity index (χ1n) is 35.8. The van der Waals surface area contributed by atoms with Crippen LogP contribution < -0.4 is 33.1 Å². The summed E-state index contributed by atoms with van der Waals surface area (Å²) in [6.07, 6.45) is 5.96. The highest BCUT2D eigenvalue weighted by atomic mass is 31.2. The quantitative estimate of drug-likeness (QED) is 0.0219. The maximum Gasteiger partial charge on any atom is 0.351 e. The molecule has 3 aliphatic heterocycles. The zero-order chi connectivity index (χ0) is 76.6. The number of amides is 2. The van der Waals surface area contributed by atoms with Gasteiger partial charge in [0.2, 0.25) is 11.9 Å². The van der Waals surface area contributed by atoms with Crippen LogP contribution in [0, 0.1) is 46.8 Å². The molecular weight excluding hydrogens is 1400 g/mol. The summed E-state index contributed by atoms with van der Waals surface area (Å²) in [5.74, 6) is -0.628. The lowest BCUT2D eigenvalue weighted by atomic mass is 10.1. The SMILES string of the molecule is CC[C@H]1O[C@@H](n2cc(C)c(=O)[nH]c2=O)CC1OP(OCCC#N)N(C(C)C)C(C)C.CC[C@H]1O[C@@H](n2ccc(NC(=O)c3ccccc3)nc2=O)CC1OP(OCCC#N)N(C(C)C)C(C)C.CC[C@H]1O[C@@H](n2cnc3c(=O)[nH]c(NC(=O)C(C)C)nc32)CC1OP(OCCC#N)N(C(C)C)C(C)C. The van der Waals surface area contributed by atoms with Crippen LogP contribution in [0.3, 0.4) is 0 Å². The van der Waals surface area contributed by atoms with Gasteiger partial charge in [0.1, 0.15) is 24.5 Å². The Morgan fingerprint density at radius 2 is 1.01 bits per heavy atom. The second-order valence-electron chi connectivity index (χ2n) is 27.1. The number of nitriles is 3. The van der Waals surface area contributed by atoms with Crippen molar-refractivity contribution in [2.24, 2.45) is 5.92 Å². The molecule has 5 aromatic rings. The molecule has 0 spiro atoms. The fourth-order valence-corrected chi connectivity index (χ4v) is 17.3. The van der Waals surface area contributed by atoms with Gasteiger partial charge in [0.15, 0.2) is 11.2 Å². The molecular formula is C70H107N16O15P3. The van der Waals surface area contributed by atoms with E-state index < -0.39 is 66.8 Å². The van der Waals surface area contributed by atoms with Gasteiger partial charge in [-0.05, 0) is 127 Å². The molecule has 4 aromatic heterocycles. The number of imidazole rings is 1. The van der Waals surface area contributed by atoms with Crippen molar-refractivity contribution in [1.29, 1.82) is 15.8 Å². The number of H-pyrrole nitrogens is 2. The van der Waals surface area contributed by atoms with Crippen molar-refractivity contribution in [3.8, 4) is 18.2 Å². The largest absolute Gasteiger partial charge is 0.352 e. The van der Waals surface area contributed by atoms with Crippen molar-refractivity contribution in [2.45, 2.75) is 274 Å². The minimum Gasteiger partial charge on any atom is -0.352 e. The lowest BCUT2D eigenvalue weighted by Gasteiger charge is -2.37. The Morgan fingerprint density at radius 3 is 1.40 bits per heavy atom. The number of nitrogens with one attached hydrogen (secondary N) is 4. The topological polar surface area (TPSA) is 376 Å². The van der Waals surface area contributed by atoms with Crippen LogP contribution in [0.25, 0.3) is 11.2 Å². The molecule has 3 fully saturated rings. The van der Waals surface area contributed by atoms with E-state index in [9.17, 15) is 28.8 Å². The molecule has 0 aliphatic carbocycles. The van der Waals surface area contributed by atoms with Crippen molar-refractivity contribution >= 4 is 60.3 Å². The second kappa shape index (κ2) is 42.0. The molecule has 0 radical (unpaired) electrons. The molecule has 0 bridgehead atoms. The number of aromatic nitrogens is 8. The van der Waals surface area contributed by atoms with E-state index in [1.807, 2.05) is 26.8 Å². The normalized spacial score (nSPS) is 21.2. The van der Waals surface area contributed by atoms with Gasteiger partial charge in [-0.2, -0.15) is 25.8 Å². The standard InChI is InChI=1S/C26H36N5O5P.C24H38N7O5P.C20H33N4O5P/c1-6-21-22(36-37(34-16-10-14-27)31(18(2)3)19(4)5)17-24(35-21)30-15-13-23(29-26(30)33)28-25(32)20-11-8-7-9-12-20;1-8-17-18(36-37(34-11-9-10-25)31(15(4)5)16(6)7)12-19(35-17)30-13-26-20-21(30)27-24(29-23(20)33)28-22(32)14(2)3;1-7-16-17(11-18(28-16)23-12-15(6)19(25)22-20(23)26)29-30(27-10-8-9-21)24(13(2)3)14(4)5/h7-9,11-13,15,18-19,21-22,24H,6,10,16-17H2,1-5H3,(H,28,29,32,33);13-19H,8-9,11-12H2,1-7H3,(H2,27,28,29,32,33);12-14,16-18H,7-8,10-11H2,1-6H3,(H,22,25,26)/t21-,22?,24-,37?;17-,18?,19-,37?;16-,17?,18-,30?/m111/s1. The number of rotatable bonds is 34. The fourth-order valence-electron chi connectivity index (χ4n) is 12.0. The molecule has 31 nitrogen and oxygen atoms in total. The molecule has 104 heavy (non-hydrogen) atoms. The summed E-state index contributed by atoms with van der Waals surface area (Å²) in [6.45, 7) is 37.1. The van der Waals surface area contributed by atoms with Gasteiger partial charge in [0.05, 0.1) is 100 Å². The average molecular weight is 1510 g/mol. The zero-order valence-corrected chi connectivity index (χ0v) is 65.9. The predicted molar refractivity (Wildman–Crippen MR) is 397 cm³/mol. The van der Waals surface area contributed by atoms with Gasteiger partial charge >= 0.3 is 11.4 Å². The van der Waals surface area contributed by atoms with Crippen LogP contribution in [0.15, 0.2) is 74.3 Å². The summed E-state index contributed by atoms with van der Waals surface area (Å²) in [5.41, 5.74) is -0.451. The minimum absolute atomic E-state index is 0.0645. The Bertz CT molecular complexity index is 3880. The third kappa shape index (κ3) is 23.9.